The molecule has 0 aromatic heterocycles. The number of halogens is 1. The van der Waals surface area contributed by atoms with Gasteiger partial charge in [0.25, 0.3) is 0 Å². The lowest BCUT2D eigenvalue weighted by atomic mass is 9.95. The van der Waals surface area contributed by atoms with Gasteiger partial charge in [-0.25, -0.2) is 0 Å². The number of rotatable bonds is 2. The van der Waals surface area contributed by atoms with Crippen molar-refractivity contribution in [1.82, 2.24) is 0 Å². The lowest BCUT2D eigenvalue weighted by Gasteiger charge is -2.17. The van der Waals surface area contributed by atoms with Crippen LogP contribution in [0, 0.1) is 5.92 Å². The van der Waals surface area contributed by atoms with Gasteiger partial charge in [0.05, 0.1) is 0 Å². The molecule has 0 bridgehead atoms. The average molecular weight is 177 g/mol. The van der Waals surface area contributed by atoms with E-state index in [1.165, 1.54) is 12.8 Å². The lowest BCUT2D eigenvalue weighted by molar-refractivity contribution is 0.141. The molecule has 2 heteroatoms. The fourth-order valence-electron chi connectivity index (χ4n) is 1.62. The van der Waals surface area contributed by atoms with Crippen molar-refractivity contribution in [3.63, 3.8) is 0 Å². The second-order valence-electron chi connectivity index (χ2n) is 3.23. The Hall–Kier alpha value is 0.250. The third-order valence-electron chi connectivity index (χ3n) is 2.40. The Balaban J connectivity index is 2.30. The fraction of sp³-hybridized carbons (Fsp3) is 1.00. The van der Waals surface area contributed by atoms with Crippen LogP contribution in [0.4, 0.5) is 0 Å². The predicted octanol–water partition coefficient (Wildman–Crippen LogP) is 2.82. The zero-order chi connectivity index (χ0) is 8.10. The van der Waals surface area contributed by atoms with Gasteiger partial charge < -0.3 is 4.74 Å². The minimum absolute atomic E-state index is 0.372. The van der Waals surface area contributed by atoms with Crippen molar-refractivity contribution < 1.29 is 4.74 Å². The van der Waals surface area contributed by atoms with E-state index in [2.05, 4.69) is 6.92 Å². The molecule has 0 radical (unpaired) electrons. The molecule has 0 aromatic rings. The monoisotopic (exact) mass is 176 g/mol. The van der Waals surface area contributed by atoms with Crippen LogP contribution in [-0.2, 0) is 4.74 Å². The van der Waals surface area contributed by atoms with Gasteiger partial charge in [0.15, 0.2) is 0 Å². The first-order valence-electron chi connectivity index (χ1n) is 4.56. The van der Waals surface area contributed by atoms with Gasteiger partial charge in [-0.15, -0.1) is 11.6 Å². The van der Waals surface area contributed by atoms with Gasteiger partial charge >= 0.3 is 0 Å². The summed E-state index contributed by atoms with van der Waals surface area (Å²) in [6, 6.07) is 0. The largest absolute Gasteiger partial charge is 0.381 e. The van der Waals surface area contributed by atoms with Crippen LogP contribution in [0.2, 0.25) is 0 Å². The normalized spacial score (nSPS) is 29.5. The molecule has 66 valence electrons. The van der Waals surface area contributed by atoms with E-state index in [0.717, 1.165) is 26.1 Å². The molecule has 2 atom stereocenters. The summed E-state index contributed by atoms with van der Waals surface area (Å²) in [5, 5.41) is 0.372. The molecular weight excluding hydrogens is 160 g/mol. The van der Waals surface area contributed by atoms with Gasteiger partial charge in [-0.1, -0.05) is 6.92 Å². The van der Waals surface area contributed by atoms with Crippen LogP contribution in [0.1, 0.15) is 32.6 Å². The van der Waals surface area contributed by atoms with Crippen LogP contribution in [0.15, 0.2) is 0 Å². The number of hydrogen-bond acceptors (Lipinski definition) is 1. The Labute approximate surface area is 74.1 Å². The Kier molecular flexibility index (Phi) is 4.24. The summed E-state index contributed by atoms with van der Waals surface area (Å²) in [6.07, 6.45) is 4.68. The Morgan fingerprint density at radius 2 is 2.27 bits per heavy atom. The first-order chi connectivity index (χ1) is 5.34. The molecule has 1 nitrogen and oxygen atoms in total. The molecular formula is C9H17ClO. The van der Waals surface area contributed by atoms with Crippen LogP contribution in [-0.4, -0.2) is 18.6 Å². The van der Waals surface area contributed by atoms with Crippen LogP contribution >= 0.6 is 11.6 Å². The molecule has 1 fully saturated rings. The Morgan fingerprint density at radius 1 is 1.45 bits per heavy atom. The molecule has 1 saturated heterocycles. The van der Waals surface area contributed by atoms with E-state index >= 15 is 0 Å². The SMILES string of the molecule is CCC(Cl)C1CCCOCC1. The van der Waals surface area contributed by atoms with Gasteiger partial charge in [0, 0.05) is 18.6 Å². The van der Waals surface area contributed by atoms with E-state index in [1.807, 2.05) is 0 Å². The molecule has 11 heavy (non-hydrogen) atoms. The lowest BCUT2D eigenvalue weighted by Crippen LogP contribution is -2.14. The van der Waals surface area contributed by atoms with Crippen LogP contribution < -0.4 is 0 Å². The summed E-state index contributed by atoms with van der Waals surface area (Å²) in [7, 11) is 0. The van der Waals surface area contributed by atoms with E-state index in [1.54, 1.807) is 0 Å². The van der Waals surface area contributed by atoms with Crippen molar-refractivity contribution in [3.8, 4) is 0 Å². The molecule has 0 N–H and O–H groups in total. The molecule has 0 aromatic carbocycles. The molecule has 1 aliphatic rings. The van der Waals surface area contributed by atoms with Crippen molar-refractivity contribution >= 4 is 11.6 Å². The Bertz CT molecular complexity index is 97.7. The second kappa shape index (κ2) is 5.00. The minimum Gasteiger partial charge on any atom is -0.381 e. The maximum atomic E-state index is 6.16. The van der Waals surface area contributed by atoms with Crippen LogP contribution in [0.5, 0.6) is 0 Å². The Morgan fingerprint density at radius 3 is 3.00 bits per heavy atom. The summed E-state index contributed by atoms with van der Waals surface area (Å²) in [4.78, 5) is 0. The molecule has 1 heterocycles. The zero-order valence-corrected chi connectivity index (χ0v) is 7.94. The van der Waals surface area contributed by atoms with Gasteiger partial charge in [-0.05, 0) is 31.6 Å². The van der Waals surface area contributed by atoms with Crippen molar-refractivity contribution in [3.05, 3.63) is 0 Å². The summed E-state index contributed by atoms with van der Waals surface area (Å²) < 4.78 is 5.36. The molecule has 2 unspecified atom stereocenters. The van der Waals surface area contributed by atoms with E-state index in [-0.39, 0.29) is 0 Å². The number of ether oxygens (including phenoxy) is 1. The first-order valence-corrected chi connectivity index (χ1v) is 5.00. The topological polar surface area (TPSA) is 9.23 Å². The van der Waals surface area contributed by atoms with Crippen molar-refractivity contribution in [2.75, 3.05) is 13.2 Å². The van der Waals surface area contributed by atoms with E-state index < -0.39 is 0 Å². The predicted molar refractivity (Wildman–Crippen MR) is 48.1 cm³/mol. The van der Waals surface area contributed by atoms with Crippen LogP contribution in [0.3, 0.4) is 0 Å². The van der Waals surface area contributed by atoms with Crippen molar-refractivity contribution in [2.24, 2.45) is 5.92 Å². The van der Waals surface area contributed by atoms with Gasteiger partial charge in [0.2, 0.25) is 0 Å². The molecule has 1 rings (SSSR count). The van der Waals surface area contributed by atoms with Crippen LogP contribution in [0.25, 0.3) is 0 Å². The first kappa shape index (κ1) is 9.34. The molecule has 0 aliphatic carbocycles. The summed E-state index contributed by atoms with van der Waals surface area (Å²) in [6.45, 7) is 4.00. The maximum Gasteiger partial charge on any atom is 0.0469 e. The second-order valence-corrected chi connectivity index (χ2v) is 3.79. The maximum absolute atomic E-state index is 6.16. The highest BCUT2D eigenvalue weighted by atomic mass is 35.5. The quantitative estimate of drug-likeness (QED) is 0.588. The highest BCUT2D eigenvalue weighted by Gasteiger charge is 2.18. The van der Waals surface area contributed by atoms with Crippen molar-refractivity contribution in [1.29, 1.82) is 0 Å². The average Bonchev–Trinajstić information content (AvgIpc) is 2.30. The molecule has 0 saturated carbocycles. The number of alkyl halides is 1. The third kappa shape index (κ3) is 3.00. The fourth-order valence-corrected chi connectivity index (χ4v) is 1.88. The third-order valence-corrected chi connectivity index (χ3v) is 3.06. The highest BCUT2D eigenvalue weighted by molar-refractivity contribution is 6.20. The number of hydrogen-bond donors (Lipinski definition) is 0. The van der Waals surface area contributed by atoms with Gasteiger partial charge in [-0.3, -0.25) is 0 Å². The molecule has 0 amide bonds. The smallest absolute Gasteiger partial charge is 0.0469 e. The zero-order valence-electron chi connectivity index (χ0n) is 7.18. The summed E-state index contributed by atoms with van der Waals surface area (Å²) in [5.74, 6) is 0.698. The van der Waals surface area contributed by atoms with E-state index in [0.29, 0.717) is 11.3 Å². The highest BCUT2D eigenvalue weighted by Crippen LogP contribution is 2.24. The van der Waals surface area contributed by atoms with Crippen molar-refractivity contribution in [2.45, 2.75) is 38.0 Å². The van der Waals surface area contributed by atoms with E-state index in [9.17, 15) is 0 Å². The summed E-state index contributed by atoms with van der Waals surface area (Å²) >= 11 is 6.16. The van der Waals surface area contributed by atoms with Gasteiger partial charge in [0.1, 0.15) is 0 Å². The molecule has 0 spiro atoms. The molecule has 1 aliphatic heterocycles. The van der Waals surface area contributed by atoms with Gasteiger partial charge in [-0.2, -0.15) is 0 Å². The minimum atomic E-state index is 0.372. The standard InChI is InChI=1S/C9H17ClO/c1-2-9(10)8-4-3-6-11-7-5-8/h8-9H,2-7H2,1H3. The van der Waals surface area contributed by atoms with E-state index in [4.69, 9.17) is 16.3 Å². The summed E-state index contributed by atoms with van der Waals surface area (Å²) in [5.41, 5.74) is 0.